The summed E-state index contributed by atoms with van der Waals surface area (Å²) in [5.74, 6) is -0.292. The molecule has 1 aliphatic carbocycles. The molecule has 1 atom stereocenters. The fourth-order valence-corrected chi connectivity index (χ4v) is 3.72. The van der Waals surface area contributed by atoms with Crippen molar-refractivity contribution >= 4 is 17.4 Å². The molecule has 2 heterocycles. The zero-order valence-corrected chi connectivity index (χ0v) is 12.2. The zero-order chi connectivity index (χ0) is 16.2. The molecule has 6 nitrogen and oxygen atoms in total. The maximum absolute atomic E-state index is 12.9. The van der Waals surface area contributed by atoms with Gasteiger partial charge in [-0.2, -0.15) is 5.26 Å². The van der Waals surface area contributed by atoms with Crippen LogP contribution in [-0.2, 0) is 19.7 Å². The van der Waals surface area contributed by atoms with Gasteiger partial charge in [-0.05, 0) is 12.5 Å². The number of amides is 1. The van der Waals surface area contributed by atoms with E-state index in [9.17, 15) is 14.9 Å². The lowest BCUT2D eigenvalue weighted by molar-refractivity contribution is -0.123. The number of fused-ring (bicyclic) bond motifs is 3. The number of nitrogens with one attached hydrogen (secondary N) is 1. The first-order valence-corrected chi connectivity index (χ1v) is 7.36. The first kappa shape index (κ1) is 13.6. The SMILES string of the molecule is N#CC1=C(N)OC2=C(C(=O)CCC2)C12C(=O)Nc1ccccc12. The van der Waals surface area contributed by atoms with Crippen molar-refractivity contribution in [2.75, 3.05) is 5.32 Å². The van der Waals surface area contributed by atoms with E-state index in [1.807, 2.05) is 6.07 Å². The van der Waals surface area contributed by atoms with Gasteiger partial charge < -0.3 is 15.8 Å². The topological polar surface area (TPSA) is 105 Å². The Morgan fingerprint density at radius 3 is 2.83 bits per heavy atom. The Bertz CT molecular complexity index is 875. The quantitative estimate of drug-likeness (QED) is 0.757. The van der Waals surface area contributed by atoms with Crippen molar-refractivity contribution in [1.82, 2.24) is 0 Å². The van der Waals surface area contributed by atoms with E-state index in [-0.39, 0.29) is 22.8 Å². The van der Waals surface area contributed by atoms with Crippen LogP contribution in [0.3, 0.4) is 0 Å². The minimum atomic E-state index is -1.49. The van der Waals surface area contributed by atoms with Gasteiger partial charge in [-0.15, -0.1) is 0 Å². The number of hydrogen-bond acceptors (Lipinski definition) is 5. The molecule has 23 heavy (non-hydrogen) atoms. The fraction of sp³-hybridized carbons (Fsp3) is 0.235. The van der Waals surface area contributed by atoms with E-state index < -0.39 is 11.3 Å². The maximum atomic E-state index is 12.9. The number of carbonyl (C=O) groups excluding carboxylic acids is 2. The Balaban J connectivity index is 2.12. The Kier molecular flexibility index (Phi) is 2.64. The monoisotopic (exact) mass is 307 g/mol. The zero-order valence-electron chi connectivity index (χ0n) is 12.2. The highest BCUT2D eigenvalue weighted by Gasteiger charge is 2.59. The Hall–Kier alpha value is -3.07. The van der Waals surface area contributed by atoms with E-state index in [1.165, 1.54) is 0 Å². The highest BCUT2D eigenvalue weighted by Crippen LogP contribution is 2.53. The summed E-state index contributed by atoms with van der Waals surface area (Å²) in [6, 6.07) is 9.04. The second kappa shape index (κ2) is 4.46. The standard InChI is InChI=1S/C17H13N3O3/c18-8-10-15(19)23-13-7-3-6-12(21)14(13)17(10)9-4-1-2-5-11(9)20-16(17)22/h1-2,4-5H,3,6-7,19H2,(H,20,22). The number of benzene rings is 1. The van der Waals surface area contributed by atoms with Gasteiger partial charge in [-0.25, -0.2) is 0 Å². The molecule has 0 aromatic heterocycles. The van der Waals surface area contributed by atoms with Gasteiger partial charge in [0.25, 0.3) is 0 Å². The molecule has 1 amide bonds. The van der Waals surface area contributed by atoms with Crippen molar-refractivity contribution in [3.8, 4) is 6.07 Å². The Morgan fingerprint density at radius 2 is 2.04 bits per heavy atom. The largest absolute Gasteiger partial charge is 0.444 e. The van der Waals surface area contributed by atoms with Gasteiger partial charge in [-0.3, -0.25) is 9.59 Å². The Morgan fingerprint density at radius 1 is 1.26 bits per heavy atom. The van der Waals surface area contributed by atoms with E-state index in [0.29, 0.717) is 36.3 Å². The first-order chi connectivity index (χ1) is 11.1. The van der Waals surface area contributed by atoms with Crippen molar-refractivity contribution in [2.24, 2.45) is 5.73 Å². The summed E-state index contributed by atoms with van der Waals surface area (Å²) in [6.07, 6.45) is 1.50. The van der Waals surface area contributed by atoms with Crippen LogP contribution in [0.5, 0.6) is 0 Å². The molecule has 2 aliphatic heterocycles. The van der Waals surface area contributed by atoms with Crippen molar-refractivity contribution in [1.29, 1.82) is 5.26 Å². The second-order valence-electron chi connectivity index (χ2n) is 5.78. The summed E-state index contributed by atoms with van der Waals surface area (Å²) in [5, 5.41) is 12.4. The number of ether oxygens (including phenoxy) is 1. The first-order valence-electron chi connectivity index (χ1n) is 7.36. The average molecular weight is 307 g/mol. The number of allylic oxidation sites excluding steroid dienone is 1. The molecule has 3 N–H and O–H groups in total. The number of carbonyl (C=O) groups is 2. The van der Waals surface area contributed by atoms with Crippen LogP contribution in [0.15, 0.2) is 47.1 Å². The molecule has 6 heteroatoms. The molecule has 0 bridgehead atoms. The van der Waals surface area contributed by atoms with E-state index in [4.69, 9.17) is 10.5 Å². The van der Waals surface area contributed by atoms with E-state index in [0.717, 1.165) is 0 Å². The minimum absolute atomic E-state index is 0.0195. The number of para-hydroxylation sites is 1. The smallest absolute Gasteiger partial charge is 0.245 e. The fourth-order valence-electron chi connectivity index (χ4n) is 3.72. The van der Waals surface area contributed by atoms with Gasteiger partial charge in [0.05, 0.1) is 5.57 Å². The van der Waals surface area contributed by atoms with Gasteiger partial charge in [0.15, 0.2) is 5.78 Å². The Labute approximate surface area is 132 Å². The van der Waals surface area contributed by atoms with Crippen LogP contribution in [0.4, 0.5) is 5.69 Å². The van der Waals surface area contributed by atoms with Gasteiger partial charge in [0.2, 0.25) is 11.8 Å². The molecule has 1 unspecified atom stereocenters. The third kappa shape index (κ3) is 1.51. The number of nitrogens with zero attached hydrogens (tertiary/aromatic N) is 1. The molecule has 3 aliphatic rings. The maximum Gasteiger partial charge on any atom is 0.245 e. The van der Waals surface area contributed by atoms with Crippen LogP contribution in [-0.4, -0.2) is 11.7 Å². The van der Waals surface area contributed by atoms with Crippen molar-refractivity contribution in [3.63, 3.8) is 0 Å². The molecule has 0 saturated carbocycles. The van der Waals surface area contributed by atoms with E-state index in [1.54, 1.807) is 24.3 Å². The molecular formula is C17H13N3O3. The van der Waals surface area contributed by atoms with Gasteiger partial charge in [0.1, 0.15) is 22.8 Å². The molecule has 0 saturated heterocycles. The lowest BCUT2D eigenvalue weighted by Crippen LogP contribution is -2.46. The number of hydrogen-bond donors (Lipinski definition) is 2. The predicted molar refractivity (Wildman–Crippen MR) is 80.5 cm³/mol. The van der Waals surface area contributed by atoms with Gasteiger partial charge in [-0.1, -0.05) is 18.2 Å². The summed E-state index contributed by atoms with van der Waals surface area (Å²) in [4.78, 5) is 25.6. The summed E-state index contributed by atoms with van der Waals surface area (Å²) in [7, 11) is 0. The average Bonchev–Trinajstić information content (AvgIpc) is 2.81. The van der Waals surface area contributed by atoms with Crippen LogP contribution in [0.2, 0.25) is 0 Å². The summed E-state index contributed by atoms with van der Waals surface area (Å²) in [5.41, 5.74) is 5.85. The van der Waals surface area contributed by atoms with E-state index in [2.05, 4.69) is 5.32 Å². The normalized spacial score (nSPS) is 25.7. The lowest BCUT2D eigenvalue weighted by atomic mass is 9.65. The molecule has 114 valence electrons. The highest BCUT2D eigenvalue weighted by atomic mass is 16.5. The predicted octanol–water partition coefficient (Wildman–Crippen LogP) is 1.61. The molecule has 1 aromatic rings. The van der Waals surface area contributed by atoms with Crippen LogP contribution in [0, 0.1) is 11.3 Å². The number of nitriles is 1. The molecule has 4 rings (SSSR count). The number of anilines is 1. The summed E-state index contributed by atoms with van der Waals surface area (Å²) in [6.45, 7) is 0. The number of nitrogens with two attached hydrogens (primary N) is 1. The van der Waals surface area contributed by atoms with Gasteiger partial charge >= 0.3 is 0 Å². The van der Waals surface area contributed by atoms with Crippen LogP contribution in [0.25, 0.3) is 0 Å². The summed E-state index contributed by atoms with van der Waals surface area (Å²) >= 11 is 0. The third-order valence-electron chi connectivity index (χ3n) is 4.63. The van der Waals surface area contributed by atoms with Crippen LogP contribution in [0.1, 0.15) is 24.8 Å². The number of rotatable bonds is 0. The molecular weight excluding hydrogens is 294 g/mol. The van der Waals surface area contributed by atoms with E-state index >= 15 is 0 Å². The number of Topliss-reactive ketones (excluding diaryl/α,β-unsaturated/α-hetero) is 1. The number of ketones is 1. The highest BCUT2D eigenvalue weighted by molar-refractivity contribution is 6.19. The lowest BCUT2D eigenvalue weighted by Gasteiger charge is -2.36. The molecule has 1 aromatic carbocycles. The van der Waals surface area contributed by atoms with Gasteiger partial charge in [0, 0.05) is 24.1 Å². The molecule has 0 radical (unpaired) electrons. The summed E-state index contributed by atoms with van der Waals surface area (Å²) < 4.78 is 5.53. The van der Waals surface area contributed by atoms with Crippen LogP contribution >= 0.6 is 0 Å². The molecule has 0 fully saturated rings. The second-order valence-corrected chi connectivity index (χ2v) is 5.78. The van der Waals surface area contributed by atoms with Crippen molar-refractivity contribution < 1.29 is 14.3 Å². The molecule has 1 spiro atoms. The van der Waals surface area contributed by atoms with Crippen LogP contribution < -0.4 is 11.1 Å². The third-order valence-corrected chi connectivity index (χ3v) is 4.63. The van der Waals surface area contributed by atoms with Crippen molar-refractivity contribution in [2.45, 2.75) is 24.7 Å². The van der Waals surface area contributed by atoms with Crippen molar-refractivity contribution in [3.05, 3.63) is 52.6 Å². The minimum Gasteiger partial charge on any atom is -0.444 e.